The zero-order valence-corrected chi connectivity index (χ0v) is 15.8. The van der Waals surface area contributed by atoms with Crippen LogP contribution in [0, 0.1) is 12.8 Å². The molecule has 0 unspecified atom stereocenters. The van der Waals surface area contributed by atoms with Crippen molar-refractivity contribution < 1.29 is 14.3 Å². The van der Waals surface area contributed by atoms with Crippen LogP contribution in [0.3, 0.4) is 0 Å². The zero-order valence-electron chi connectivity index (χ0n) is 15.8. The third kappa shape index (κ3) is 4.69. The molecule has 1 amide bonds. The lowest BCUT2D eigenvalue weighted by Gasteiger charge is -2.34. The minimum Gasteiger partial charge on any atom is -0.484 e. The van der Waals surface area contributed by atoms with E-state index in [1.54, 1.807) is 0 Å². The number of hydrogen-bond donors (Lipinski definition) is 0. The maximum absolute atomic E-state index is 12.7. The van der Waals surface area contributed by atoms with E-state index in [4.69, 9.17) is 9.47 Å². The lowest BCUT2D eigenvalue weighted by Crippen LogP contribution is -2.43. The lowest BCUT2D eigenvalue weighted by molar-refractivity contribution is -0.135. The molecule has 6 heteroatoms. The van der Waals surface area contributed by atoms with Crippen LogP contribution in [-0.2, 0) is 16.1 Å². The summed E-state index contributed by atoms with van der Waals surface area (Å²) in [5.74, 6) is 1.50. The van der Waals surface area contributed by atoms with Crippen molar-refractivity contribution >= 4 is 5.91 Å². The van der Waals surface area contributed by atoms with Gasteiger partial charge in [-0.15, -0.1) is 0 Å². The third-order valence-electron chi connectivity index (χ3n) is 5.26. The molecule has 1 aromatic carbocycles. The molecular formula is C21H27N3O3. The monoisotopic (exact) mass is 369 g/mol. The van der Waals surface area contributed by atoms with Gasteiger partial charge in [0, 0.05) is 26.0 Å². The van der Waals surface area contributed by atoms with Crippen molar-refractivity contribution in [3.63, 3.8) is 0 Å². The van der Waals surface area contributed by atoms with Crippen LogP contribution in [-0.4, -0.2) is 47.0 Å². The van der Waals surface area contributed by atoms with E-state index >= 15 is 0 Å². The van der Waals surface area contributed by atoms with Gasteiger partial charge in [-0.2, -0.15) is 5.10 Å². The Balaban J connectivity index is 1.32. The number of nitrogens with zero attached hydrogens (tertiary/aromatic N) is 3. The van der Waals surface area contributed by atoms with Gasteiger partial charge in [-0.25, -0.2) is 0 Å². The number of rotatable bonds is 8. The van der Waals surface area contributed by atoms with E-state index in [1.165, 1.54) is 18.4 Å². The van der Waals surface area contributed by atoms with Crippen LogP contribution >= 0.6 is 0 Å². The van der Waals surface area contributed by atoms with Gasteiger partial charge < -0.3 is 14.4 Å². The number of fused-ring (bicyclic) bond motifs is 1. The van der Waals surface area contributed by atoms with Gasteiger partial charge in [-0.05, 0) is 50.3 Å². The van der Waals surface area contributed by atoms with Crippen LogP contribution in [0.1, 0.15) is 36.6 Å². The highest BCUT2D eigenvalue weighted by Crippen LogP contribution is 2.29. The predicted octanol–water partition coefficient (Wildman–Crippen LogP) is 2.97. The number of carbonyl (C=O) groups excluding carboxylic acids is 1. The molecule has 1 aliphatic heterocycles. The quantitative estimate of drug-likeness (QED) is 0.672. The Bertz CT molecular complexity index is 767. The molecule has 1 atom stereocenters. The smallest absolute Gasteiger partial charge is 0.260 e. The largest absolute Gasteiger partial charge is 0.484 e. The molecule has 1 aliphatic carbocycles. The molecule has 2 aromatic rings. The van der Waals surface area contributed by atoms with Crippen LogP contribution < -0.4 is 4.74 Å². The zero-order chi connectivity index (χ0) is 18.6. The Kier molecular flexibility index (Phi) is 5.43. The summed E-state index contributed by atoms with van der Waals surface area (Å²) in [6, 6.07) is 9.90. The molecule has 2 aliphatic rings. The summed E-state index contributed by atoms with van der Waals surface area (Å²) in [6.45, 7) is 4.89. The van der Waals surface area contributed by atoms with E-state index in [0.29, 0.717) is 19.7 Å². The van der Waals surface area contributed by atoms with Crippen LogP contribution in [0.5, 0.6) is 5.75 Å². The normalized spacial score (nSPS) is 19.0. The fourth-order valence-electron chi connectivity index (χ4n) is 3.42. The van der Waals surface area contributed by atoms with Crippen molar-refractivity contribution in [3.05, 3.63) is 47.8 Å². The van der Waals surface area contributed by atoms with E-state index in [-0.39, 0.29) is 18.6 Å². The van der Waals surface area contributed by atoms with Crippen molar-refractivity contribution in [2.75, 3.05) is 26.4 Å². The van der Waals surface area contributed by atoms with Crippen molar-refractivity contribution in [1.29, 1.82) is 0 Å². The van der Waals surface area contributed by atoms with Crippen molar-refractivity contribution in [2.45, 2.75) is 38.8 Å². The fraction of sp³-hybridized carbons (Fsp3) is 0.524. The molecule has 4 rings (SSSR count). The van der Waals surface area contributed by atoms with E-state index in [0.717, 1.165) is 30.4 Å². The van der Waals surface area contributed by atoms with E-state index in [1.807, 2.05) is 53.0 Å². The van der Waals surface area contributed by atoms with Gasteiger partial charge in [0.25, 0.3) is 5.91 Å². The maximum Gasteiger partial charge on any atom is 0.260 e. The van der Waals surface area contributed by atoms with Crippen molar-refractivity contribution in [1.82, 2.24) is 14.7 Å². The van der Waals surface area contributed by atoms with Crippen molar-refractivity contribution in [2.24, 2.45) is 5.92 Å². The molecule has 0 spiro atoms. The number of carbonyl (C=O) groups is 1. The average molecular weight is 369 g/mol. The predicted molar refractivity (Wildman–Crippen MR) is 102 cm³/mol. The first-order valence-electron chi connectivity index (χ1n) is 9.76. The summed E-state index contributed by atoms with van der Waals surface area (Å²) in [5, 5.41) is 4.45. The summed E-state index contributed by atoms with van der Waals surface area (Å²) in [4.78, 5) is 14.6. The topological polar surface area (TPSA) is 56.6 Å². The number of ether oxygens (including phenoxy) is 2. The summed E-state index contributed by atoms with van der Waals surface area (Å²) < 4.78 is 13.5. The number of aryl methyl sites for hydroxylation is 1. The number of aromatic nitrogens is 2. The minimum atomic E-state index is 0.00641. The van der Waals surface area contributed by atoms with Crippen LogP contribution in [0.15, 0.2) is 36.5 Å². The van der Waals surface area contributed by atoms with Gasteiger partial charge in [-0.1, -0.05) is 17.7 Å². The molecule has 6 nitrogen and oxygen atoms in total. The molecule has 0 N–H and O–H groups in total. The second kappa shape index (κ2) is 8.13. The molecule has 27 heavy (non-hydrogen) atoms. The Labute approximate surface area is 160 Å². The summed E-state index contributed by atoms with van der Waals surface area (Å²) in [6.07, 6.45) is 5.28. The SMILES string of the molecule is Cc1ccc(OCC(=O)N2Cc3ccnn3[C@@H](CCOCC3CC3)C2)cc1. The summed E-state index contributed by atoms with van der Waals surface area (Å²) in [7, 11) is 0. The maximum atomic E-state index is 12.7. The summed E-state index contributed by atoms with van der Waals surface area (Å²) >= 11 is 0. The molecular weight excluding hydrogens is 342 g/mol. The second-order valence-electron chi connectivity index (χ2n) is 7.60. The highest BCUT2D eigenvalue weighted by Gasteiger charge is 2.29. The molecule has 0 radical (unpaired) electrons. The standard InChI is InChI=1S/C21H27N3O3/c1-16-2-6-20(7-3-16)27-15-21(25)23-12-18-8-10-22-24(18)19(13-23)9-11-26-14-17-4-5-17/h2-3,6-8,10,17,19H,4-5,9,11-15H2,1H3/t19-/m0/s1. The fourth-order valence-corrected chi connectivity index (χ4v) is 3.42. The Morgan fingerprint density at radius 1 is 1.22 bits per heavy atom. The van der Waals surface area contributed by atoms with Crippen LogP contribution in [0.2, 0.25) is 0 Å². The van der Waals surface area contributed by atoms with Gasteiger partial charge in [0.05, 0.1) is 18.3 Å². The average Bonchev–Trinajstić information content (AvgIpc) is 3.38. The number of hydrogen-bond acceptors (Lipinski definition) is 4. The molecule has 144 valence electrons. The van der Waals surface area contributed by atoms with Gasteiger partial charge in [0.15, 0.2) is 6.61 Å². The highest BCUT2D eigenvalue weighted by molar-refractivity contribution is 5.78. The van der Waals surface area contributed by atoms with Gasteiger partial charge >= 0.3 is 0 Å². The Hall–Kier alpha value is -2.34. The van der Waals surface area contributed by atoms with E-state index < -0.39 is 0 Å². The van der Waals surface area contributed by atoms with Gasteiger partial charge in [0.1, 0.15) is 5.75 Å². The lowest BCUT2D eigenvalue weighted by atomic mass is 10.1. The number of benzene rings is 1. The minimum absolute atomic E-state index is 0.00641. The van der Waals surface area contributed by atoms with Crippen molar-refractivity contribution in [3.8, 4) is 5.75 Å². The summed E-state index contributed by atoms with van der Waals surface area (Å²) in [5.41, 5.74) is 2.24. The number of amides is 1. The Morgan fingerprint density at radius 3 is 2.81 bits per heavy atom. The first-order chi connectivity index (χ1) is 13.2. The molecule has 0 bridgehead atoms. The first-order valence-corrected chi connectivity index (χ1v) is 9.76. The van der Waals surface area contributed by atoms with E-state index in [9.17, 15) is 4.79 Å². The Morgan fingerprint density at radius 2 is 2.04 bits per heavy atom. The highest BCUT2D eigenvalue weighted by atomic mass is 16.5. The van der Waals surface area contributed by atoms with E-state index in [2.05, 4.69) is 5.10 Å². The van der Waals surface area contributed by atoms with Gasteiger partial charge in [0.2, 0.25) is 0 Å². The van der Waals surface area contributed by atoms with Gasteiger partial charge in [-0.3, -0.25) is 9.48 Å². The molecule has 1 saturated carbocycles. The van der Waals surface area contributed by atoms with Crippen LogP contribution in [0.25, 0.3) is 0 Å². The van der Waals surface area contributed by atoms with Crippen LogP contribution in [0.4, 0.5) is 0 Å². The second-order valence-corrected chi connectivity index (χ2v) is 7.60. The molecule has 0 saturated heterocycles. The molecule has 2 heterocycles. The molecule has 1 aromatic heterocycles. The third-order valence-corrected chi connectivity index (χ3v) is 5.26. The first kappa shape index (κ1) is 18.0. The molecule has 1 fully saturated rings.